The first-order chi connectivity index (χ1) is 26.8. The van der Waals surface area contributed by atoms with Crippen molar-refractivity contribution in [3.05, 3.63) is 24.3 Å². The van der Waals surface area contributed by atoms with Crippen molar-refractivity contribution in [2.75, 3.05) is 13.2 Å². The first-order valence-electron chi connectivity index (χ1n) is 23.1. The highest BCUT2D eigenvalue weighted by atomic mass is 16.7. The van der Waals surface area contributed by atoms with E-state index >= 15 is 0 Å². The maximum atomic E-state index is 12.9. The van der Waals surface area contributed by atoms with Gasteiger partial charge in [-0.25, -0.2) is 0 Å². The molecule has 0 aromatic carbocycles. The van der Waals surface area contributed by atoms with E-state index in [1.807, 2.05) is 6.08 Å². The van der Waals surface area contributed by atoms with E-state index in [4.69, 9.17) is 9.47 Å². The van der Waals surface area contributed by atoms with Crippen LogP contribution in [0, 0.1) is 0 Å². The number of unbranched alkanes of at least 4 members (excludes halogenated alkanes) is 26. The molecule has 0 spiro atoms. The molecule has 1 fully saturated rings. The van der Waals surface area contributed by atoms with Crippen molar-refractivity contribution in [3.8, 4) is 0 Å². The van der Waals surface area contributed by atoms with Crippen LogP contribution in [0.1, 0.15) is 206 Å². The summed E-state index contributed by atoms with van der Waals surface area (Å²) in [6.45, 7) is 3.77. The second-order valence-electron chi connectivity index (χ2n) is 16.2. The summed E-state index contributed by atoms with van der Waals surface area (Å²) in [5.74, 6) is -0.181. The number of aliphatic hydroxyl groups excluding tert-OH is 5. The fraction of sp³-hybridized carbons (Fsp3) is 0.891. The van der Waals surface area contributed by atoms with Crippen LogP contribution in [0.5, 0.6) is 0 Å². The lowest BCUT2D eigenvalue weighted by molar-refractivity contribution is -0.302. The van der Waals surface area contributed by atoms with Gasteiger partial charge in [-0.1, -0.05) is 179 Å². The summed E-state index contributed by atoms with van der Waals surface area (Å²) in [5.41, 5.74) is 0. The predicted octanol–water partition coefficient (Wildman–Crippen LogP) is 9.50. The summed E-state index contributed by atoms with van der Waals surface area (Å²) in [4.78, 5) is 12.9. The molecule has 1 aliphatic heterocycles. The molecule has 324 valence electrons. The predicted molar refractivity (Wildman–Crippen MR) is 226 cm³/mol. The highest BCUT2D eigenvalue weighted by Crippen LogP contribution is 2.22. The van der Waals surface area contributed by atoms with Crippen LogP contribution in [0.25, 0.3) is 0 Å². The molecule has 9 heteroatoms. The molecular weight excluding hydrogens is 695 g/mol. The molecule has 0 aromatic rings. The van der Waals surface area contributed by atoms with E-state index in [9.17, 15) is 30.3 Å². The Morgan fingerprint density at radius 1 is 0.600 bits per heavy atom. The van der Waals surface area contributed by atoms with Crippen LogP contribution >= 0.6 is 0 Å². The zero-order valence-corrected chi connectivity index (χ0v) is 35.4. The van der Waals surface area contributed by atoms with Crippen LogP contribution in [0.3, 0.4) is 0 Å². The topological polar surface area (TPSA) is 149 Å². The first-order valence-corrected chi connectivity index (χ1v) is 23.1. The number of allylic oxidation sites excluding steroid dienone is 3. The number of aliphatic hydroxyl groups is 5. The number of hydrogen-bond donors (Lipinski definition) is 6. The minimum absolute atomic E-state index is 0.181. The Hall–Kier alpha value is -1.33. The normalized spacial score (nSPS) is 21.5. The summed E-state index contributed by atoms with van der Waals surface area (Å²) in [6.07, 6.45) is 36.4. The number of nitrogens with one attached hydrogen (secondary N) is 1. The van der Waals surface area contributed by atoms with E-state index in [-0.39, 0.29) is 12.5 Å². The number of carbonyl (C=O) groups excluding carboxylic acids is 1. The van der Waals surface area contributed by atoms with Crippen LogP contribution < -0.4 is 5.32 Å². The molecular formula is C46H87NO8. The molecule has 1 amide bonds. The molecule has 0 aromatic heterocycles. The Balaban J connectivity index is 2.35. The summed E-state index contributed by atoms with van der Waals surface area (Å²) < 4.78 is 11.2. The third-order valence-corrected chi connectivity index (χ3v) is 11.0. The number of carbonyl (C=O) groups is 1. The van der Waals surface area contributed by atoms with Crippen LogP contribution in [0.4, 0.5) is 0 Å². The van der Waals surface area contributed by atoms with Crippen molar-refractivity contribution >= 4 is 5.91 Å². The van der Waals surface area contributed by atoms with Crippen molar-refractivity contribution in [3.63, 3.8) is 0 Å². The SMILES string of the molecule is CCCCCCCCC/C=C\CCCCCCCCCC(=O)NC(COC1OC(CO)C(O)C(O)C1O)C(O)/C=C/CCCCCCCCCCCCCC. The van der Waals surface area contributed by atoms with Crippen molar-refractivity contribution in [2.24, 2.45) is 0 Å². The number of ether oxygens (including phenoxy) is 2. The van der Waals surface area contributed by atoms with Gasteiger partial charge in [0.2, 0.25) is 5.91 Å². The van der Waals surface area contributed by atoms with Gasteiger partial charge >= 0.3 is 0 Å². The standard InChI is InChI=1S/C46H87NO8/c1-3-5-7-9-11-13-15-17-19-20-21-22-24-26-28-30-32-34-36-42(50)47-39(38-54-46-45(53)44(52)43(51)41(37-48)55-46)40(49)35-33-31-29-27-25-23-18-16-14-12-10-8-6-4-2/h19-20,33,35,39-41,43-46,48-49,51-53H,3-18,21-32,34,36-38H2,1-2H3,(H,47,50)/b20-19-,35-33+. The average Bonchev–Trinajstić information content (AvgIpc) is 3.18. The smallest absolute Gasteiger partial charge is 0.220 e. The Morgan fingerprint density at radius 2 is 1.02 bits per heavy atom. The van der Waals surface area contributed by atoms with Crippen LogP contribution in [0.15, 0.2) is 24.3 Å². The zero-order valence-electron chi connectivity index (χ0n) is 35.4. The molecule has 1 aliphatic rings. The second-order valence-corrected chi connectivity index (χ2v) is 16.2. The number of hydrogen-bond acceptors (Lipinski definition) is 8. The van der Waals surface area contributed by atoms with Crippen LogP contribution in [-0.4, -0.2) is 87.5 Å². The van der Waals surface area contributed by atoms with E-state index in [1.165, 1.54) is 148 Å². The number of rotatable bonds is 38. The molecule has 1 heterocycles. The third-order valence-electron chi connectivity index (χ3n) is 11.0. The Kier molecular flexibility index (Phi) is 34.7. The van der Waals surface area contributed by atoms with Crippen molar-refractivity contribution in [1.29, 1.82) is 0 Å². The maximum Gasteiger partial charge on any atom is 0.220 e. The molecule has 0 aliphatic carbocycles. The quantitative estimate of drug-likeness (QED) is 0.0268. The monoisotopic (exact) mass is 782 g/mol. The van der Waals surface area contributed by atoms with Crippen molar-refractivity contribution in [1.82, 2.24) is 5.32 Å². The Bertz CT molecular complexity index is 914. The lowest BCUT2D eigenvalue weighted by Crippen LogP contribution is -2.60. The lowest BCUT2D eigenvalue weighted by Gasteiger charge is -2.40. The van der Waals surface area contributed by atoms with Crippen LogP contribution in [0.2, 0.25) is 0 Å². The molecule has 0 radical (unpaired) electrons. The third kappa shape index (κ3) is 27.9. The minimum Gasteiger partial charge on any atom is -0.394 e. The summed E-state index contributed by atoms with van der Waals surface area (Å²) in [6, 6.07) is -0.803. The summed E-state index contributed by atoms with van der Waals surface area (Å²) >= 11 is 0. The van der Waals surface area contributed by atoms with Gasteiger partial charge in [-0.3, -0.25) is 4.79 Å². The van der Waals surface area contributed by atoms with Gasteiger partial charge < -0.3 is 40.3 Å². The van der Waals surface area contributed by atoms with Crippen LogP contribution in [-0.2, 0) is 14.3 Å². The van der Waals surface area contributed by atoms with Gasteiger partial charge in [-0.2, -0.15) is 0 Å². The first kappa shape index (κ1) is 51.7. The zero-order chi connectivity index (χ0) is 40.2. The molecule has 7 atom stereocenters. The Morgan fingerprint density at radius 3 is 1.47 bits per heavy atom. The fourth-order valence-corrected chi connectivity index (χ4v) is 7.27. The van der Waals surface area contributed by atoms with Crippen molar-refractivity contribution in [2.45, 2.75) is 249 Å². The molecule has 6 N–H and O–H groups in total. The van der Waals surface area contributed by atoms with E-state index in [2.05, 4.69) is 31.3 Å². The number of amides is 1. The van der Waals surface area contributed by atoms with E-state index in [1.54, 1.807) is 6.08 Å². The lowest BCUT2D eigenvalue weighted by atomic mass is 9.99. The van der Waals surface area contributed by atoms with Gasteiger partial charge in [0.1, 0.15) is 24.4 Å². The molecule has 0 saturated carbocycles. The van der Waals surface area contributed by atoms with Gasteiger partial charge in [-0.05, 0) is 44.9 Å². The van der Waals surface area contributed by atoms with Gasteiger partial charge in [0, 0.05) is 6.42 Å². The molecule has 0 bridgehead atoms. The summed E-state index contributed by atoms with van der Waals surface area (Å²) in [7, 11) is 0. The van der Waals surface area contributed by atoms with E-state index < -0.39 is 49.5 Å². The molecule has 9 nitrogen and oxygen atoms in total. The van der Waals surface area contributed by atoms with Gasteiger partial charge in [-0.15, -0.1) is 0 Å². The average molecular weight is 782 g/mol. The highest BCUT2D eigenvalue weighted by molar-refractivity contribution is 5.76. The largest absolute Gasteiger partial charge is 0.394 e. The van der Waals surface area contributed by atoms with Gasteiger partial charge in [0.25, 0.3) is 0 Å². The highest BCUT2D eigenvalue weighted by Gasteiger charge is 2.44. The van der Waals surface area contributed by atoms with Gasteiger partial charge in [0.15, 0.2) is 6.29 Å². The molecule has 1 rings (SSSR count). The molecule has 55 heavy (non-hydrogen) atoms. The van der Waals surface area contributed by atoms with E-state index in [0.29, 0.717) is 6.42 Å². The Labute approximate surface area is 337 Å². The van der Waals surface area contributed by atoms with Crippen molar-refractivity contribution < 1.29 is 39.8 Å². The maximum absolute atomic E-state index is 12.9. The minimum atomic E-state index is -1.56. The van der Waals surface area contributed by atoms with E-state index in [0.717, 1.165) is 38.5 Å². The van der Waals surface area contributed by atoms with Gasteiger partial charge in [0.05, 0.1) is 25.4 Å². The second kappa shape index (κ2) is 37.0. The fourth-order valence-electron chi connectivity index (χ4n) is 7.27. The summed E-state index contributed by atoms with van der Waals surface area (Å²) in [5, 5.41) is 54.2. The molecule has 1 saturated heterocycles. The molecule has 7 unspecified atom stereocenters.